The average Bonchev–Trinajstić information content (AvgIpc) is 2.68. The number of benzene rings is 2. The van der Waals surface area contributed by atoms with E-state index in [1.807, 2.05) is 12.1 Å². The summed E-state index contributed by atoms with van der Waals surface area (Å²) in [6.07, 6.45) is -1.08. The van der Waals surface area contributed by atoms with Gasteiger partial charge in [-0.05, 0) is 24.3 Å². The molecular formula is C19H19ClN2O4S. The van der Waals surface area contributed by atoms with Crippen LogP contribution in [0.2, 0.25) is 5.02 Å². The van der Waals surface area contributed by atoms with Gasteiger partial charge in [0.2, 0.25) is 6.10 Å². The molecular weight excluding hydrogens is 388 g/mol. The molecule has 2 N–H and O–H groups in total. The van der Waals surface area contributed by atoms with Crippen LogP contribution in [0.25, 0.3) is 0 Å². The third kappa shape index (κ3) is 6.96. The van der Waals surface area contributed by atoms with Crippen molar-refractivity contribution in [1.29, 1.82) is 0 Å². The summed E-state index contributed by atoms with van der Waals surface area (Å²) in [7, 11) is 1.39. The molecule has 2 rings (SSSR count). The predicted octanol–water partition coefficient (Wildman–Crippen LogP) is 3.56. The fourth-order valence-electron chi connectivity index (χ4n) is 2.11. The normalized spacial score (nSPS) is 11.3. The molecule has 8 heteroatoms. The highest BCUT2D eigenvalue weighted by Gasteiger charge is 2.26. The van der Waals surface area contributed by atoms with Crippen LogP contribution in [0.5, 0.6) is 0 Å². The fraction of sp³-hybridized carbons (Fsp3) is 0.211. The molecule has 27 heavy (non-hydrogen) atoms. The molecule has 0 spiro atoms. The van der Waals surface area contributed by atoms with Crippen molar-refractivity contribution >= 4 is 41.3 Å². The molecule has 0 unspecified atom stereocenters. The summed E-state index contributed by atoms with van der Waals surface area (Å²) in [5.74, 6) is -0.754. The zero-order valence-corrected chi connectivity index (χ0v) is 16.2. The molecule has 0 saturated heterocycles. The summed E-state index contributed by atoms with van der Waals surface area (Å²) in [5, 5.41) is 5.07. The Balaban J connectivity index is 1.95. The Kier molecular flexibility index (Phi) is 8.16. The second kappa shape index (κ2) is 10.6. The Morgan fingerprint density at radius 2 is 1.74 bits per heavy atom. The zero-order chi connectivity index (χ0) is 19.6. The number of imide groups is 1. The molecule has 2 aromatic rings. The number of thioether (sulfide) groups is 1. The molecule has 0 fully saturated rings. The Hall–Kier alpha value is -2.51. The summed E-state index contributed by atoms with van der Waals surface area (Å²) < 4.78 is 5.34. The number of hydrogen-bond acceptors (Lipinski definition) is 5. The molecule has 0 bridgehead atoms. The number of carbonyl (C=O) groups excluding carboxylic acids is 3. The van der Waals surface area contributed by atoms with Gasteiger partial charge in [0.05, 0.1) is 6.42 Å². The highest BCUT2D eigenvalue weighted by atomic mass is 35.5. The van der Waals surface area contributed by atoms with Gasteiger partial charge in [-0.2, -0.15) is 0 Å². The van der Waals surface area contributed by atoms with Gasteiger partial charge in [0.1, 0.15) is 0 Å². The number of urea groups is 1. The van der Waals surface area contributed by atoms with Crippen LogP contribution in [0, 0.1) is 0 Å². The maximum Gasteiger partial charge on any atom is 0.321 e. The smallest absolute Gasteiger partial charge is 0.321 e. The summed E-state index contributed by atoms with van der Waals surface area (Å²) in [5.41, 5.74) is 0.484. The molecule has 0 radical (unpaired) electrons. The molecule has 142 valence electrons. The van der Waals surface area contributed by atoms with Gasteiger partial charge in [-0.3, -0.25) is 14.9 Å². The van der Waals surface area contributed by atoms with Crippen LogP contribution in [0.3, 0.4) is 0 Å². The van der Waals surface area contributed by atoms with E-state index in [1.165, 1.54) is 18.8 Å². The van der Waals surface area contributed by atoms with Crippen molar-refractivity contribution in [2.45, 2.75) is 17.4 Å². The minimum atomic E-state index is -1.20. The minimum Gasteiger partial charge on any atom is -0.447 e. The predicted molar refractivity (Wildman–Crippen MR) is 105 cm³/mol. The van der Waals surface area contributed by atoms with Crippen LogP contribution >= 0.6 is 23.4 Å². The summed E-state index contributed by atoms with van der Waals surface area (Å²) in [6, 6.07) is 15.1. The molecule has 0 aliphatic rings. The van der Waals surface area contributed by atoms with Crippen LogP contribution in [-0.4, -0.2) is 30.7 Å². The van der Waals surface area contributed by atoms with Crippen LogP contribution < -0.4 is 10.6 Å². The van der Waals surface area contributed by atoms with Gasteiger partial charge in [-0.15, -0.1) is 11.8 Å². The van der Waals surface area contributed by atoms with Crippen molar-refractivity contribution in [3.63, 3.8) is 0 Å². The molecule has 0 aliphatic carbocycles. The number of halogens is 1. The van der Waals surface area contributed by atoms with Crippen molar-refractivity contribution in [3.8, 4) is 0 Å². The molecule has 0 aromatic heterocycles. The molecule has 3 amide bonds. The first kappa shape index (κ1) is 20.8. The highest BCUT2D eigenvalue weighted by molar-refractivity contribution is 7.99. The summed E-state index contributed by atoms with van der Waals surface area (Å²) in [4.78, 5) is 36.9. The lowest BCUT2D eigenvalue weighted by atomic mass is 10.1. The van der Waals surface area contributed by atoms with Crippen molar-refractivity contribution in [2.75, 3.05) is 12.8 Å². The molecule has 6 nitrogen and oxygen atoms in total. The third-order valence-electron chi connectivity index (χ3n) is 3.44. The monoisotopic (exact) mass is 406 g/mol. The molecule has 0 saturated carbocycles. The van der Waals surface area contributed by atoms with Gasteiger partial charge >= 0.3 is 12.0 Å². The van der Waals surface area contributed by atoms with Gasteiger partial charge in [-0.1, -0.05) is 41.9 Å². The first-order valence-corrected chi connectivity index (χ1v) is 9.51. The van der Waals surface area contributed by atoms with Crippen molar-refractivity contribution in [2.24, 2.45) is 0 Å². The average molecular weight is 407 g/mol. The first-order chi connectivity index (χ1) is 13.0. The Morgan fingerprint density at radius 1 is 1.07 bits per heavy atom. The second-order valence-corrected chi connectivity index (χ2v) is 7.01. The quantitative estimate of drug-likeness (QED) is 0.542. The number of amides is 3. The highest BCUT2D eigenvalue weighted by Crippen LogP contribution is 2.22. The lowest BCUT2D eigenvalue weighted by Gasteiger charge is -2.17. The van der Waals surface area contributed by atoms with E-state index in [4.69, 9.17) is 16.3 Å². The van der Waals surface area contributed by atoms with E-state index in [2.05, 4.69) is 10.6 Å². The number of ether oxygens (including phenoxy) is 1. The van der Waals surface area contributed by atoms with E-state index in [0.717, 1.165) is 4.90 Å². The molecule has 0 heterocycles. The van der Waals surface area contributed by atoms with Crippen LogP contribution in [0.15, 0.2) is 59.5 Å². The van der Waals surface area contributed by atoms with Crippen LogP contribution in [0.4, 0.5) is 4.79 Å². The lowest BCUT2D eigenvalue weighted by Crippen LogP contribution is -2.41. The fourth-order valence-corrected chi connectivity index (χ4v) is 3.07. The minimum absolute atomic E-state index is 0.115. The Morgan fingerprint density at radius 3 is 2.37 bits per heavy atom. The number of nitrogens with one attached hydrogen (secondary N) is 2. The van der Waals surface area contributed by atoms with E-state index in [-0.39, 0.29) is 6.42 Å². The Labute approximate surface area is 166 Å². The SMILES string of the molecule is CNC(=O)NC(=O)[C@H](OC(=O)CCSc1ccc(Cl)cc1)c1ccccc1. The van der Waals surface area contributed by atoms with Gasteiger partial charge in [-0.25, -0.2) is 4.79 Å². The van der Waals surface area contributed by atoms with Gasteiger partial charge in [0, 0.05) is 28.3 Å². The molecule has 0 aliphatic heterocycles. The van der Waals surface area contributed by atoms with E-state index < -0.39 is 24.0 Å². The second-order valence-electron chi connectivity index (χ2n) is 5.40. The lowest BCUT2D eigenvalue weighted by molar-refractivity contribution is -0.155. The number of hydrogen-bond donors (Lipinski definition) is 2. The van der Waals surface area contributed by atoms with Crippen molar-refractivity contribution in [3.05, 3.63) is 65.2 Å². The molecule has 2 aromatic carbocycles. The summed E-state index contributed by atoms with van der Waals surface area (Å²) in [6.45, 7) is 0. The van der Waals surface area contributed by atoms with E-state index in [0.29, 0.717) is 16.3 Å². The van der Waals surface area contributed by atoms with Gasteiger partial charge in [0.15, 0.2) is 0 Å². The van der Waals surface area contributed by atoms with E-state index >= 15 is 0 Å². The van der Waals surface area contributed by atoms with Crippen LogP contribution in [-0.2, 0) is 14.3 Å². The largest absolute Gasteiger partial charge is 0.447 e. The van der Waals surface area contributed by atoms with Crippen molar-refractivity contribution < 1.29 is 19.1 Å². The van der Waals surface area contributed by atoms with E-state index in [9.17, 15) is 14.4 Å². The number of carbonyl (C=O) groups is 3. The van der Waals surface area contributed by atoms with Crippen LogP contribution in [0.1, 0.15) is 18.1 Å². The maximum atomic E-state index is 12.3. The Bertz CT molecular complexity index is 784. The van der Waals surface area contributed by atoms with Crippen molar-refractivity contribution in [1.82, 2.24) is 10.6 Å². The zero-order valence-electron chi connectivity index (χ0n) is 14.6. The standard InChI is InChI=1S/C19H19ClN2O4S/c1-21-19(25)22-18(24)17(13-5-3-2-4-6-13)26-16(23)11-12-27-15-9-7-14(20)8-10-15/h2-10,17H,11-12H2,1H3,(H2,21,22,24,25)/t17-/m1/s1. The topological polar surface area (TPSA) is 84.5 Å². The first-order valence-electron chi connectivity index (χ1n) is 8.15. The van der Waals surface area contributed by atoms with E-state index in [1.54, 1.807) is 42.5 Å². The molecule has 1 atom stereocenters. The van der Waals surface area contributed by atoms with Gasteiger partial charge < -0.3 is 10.1 Å². The summed E-state index contributed by atoms with van der Waals surface area (Å²) >= 11 is 7.32. The van der Waals surface area contributed by atoms with Gasteiger partial charge in [0.25, 0.3) is 5.91 Å². The third-order valence-corrected chi connectivity index (χ3v) is 4.71. The number of rotatable bonds is 7. The number of esters is 1. The maximum absolute atomic E-state index is 12.3.